The van der Waals surface area contributed by atoms with Gasteiger partial charge in [-0.3, -0.25) is 14.6 Å². The Hall–Kier alpha value is -4.01. The van der Waals surface area contributed by atoms with Crippen LogP contribution in [0.15, 0.2) is 71.9 Å². The minimum absolute atomic E-state index is 0.0598. The van der Waals surface area contributed by atoms with Crippen molar-refractivity contribution in [3.05, 3.63) is 78.0 Å². The molecule has 0 bridgehead atoms. The third-order valence-corrected chi connectivity index (χ3v) is 4.60. The van der Waals surface area contributed by atoms with Crippen LogP contribution in [-0.2, 0) is 22.4 Å². The van der Waals surface area contributed by atoms with Gasteiger partial charge >= 0.3 is 0 Å². The number of nitrogens with one attached hydrogen (secondary N) is 2. The van der Waals surface area contributed by atoms with Gasteiger partial charge in [-0.05, 0) is 68.5 Å². The van der Waals surface area contributed by atoms with Gasteiger partial charge in [0.1, 0.15) is 11.8 Å². The largest absolute Gasteiger partial charge is 0.508 e. The summed E-state index contributed by atoms with van der Waals surface area (Å²) in [6, 6.07) is 16.8. The van der Waals surface area contributed by atoms with Crippen LogP contribution in [0.25, 0.3) is 0 Å². The van der Waals surface area contributed by atoms with E-state index in [-0.39, 0.29) is 23.7 Å². The Balaban J connectivity index is 0.000000606. The first-order valence-corrected chi connectivity index (χ1v) is 11.7. The summed E-state index contributed by atoms with van der Waals surface area (Å²) in [5.74, 6) is 0.585. The fourth-order valence-electron chi connectivity index (χ4n) is 2.97. The summed E-state index contributed by atoms with van der Waals surface area (Å²) in [5, 5.41) is 14.3. The van der Waals surface area contributed by atoms with Crippen LogP contribution in [-0.4, -0.2) is 42.0 Å². The number of phenols is 1. The number of amides is 2. The lowest BCUT2D eigenvalue weighted by Gasteiger charge is -2.15. The van der Waals surface area contributed by atoms with Crippen molar-refractivity contribution in [2.45, 2.75) is 52.6 Å². The molecular formula is C27H42N6O3. The molecular weight excluding hydrogens is 456 g/mol. The van der Waals surface area contributed by atoms with Crippen LogP contribution in [0.1, 0.15) is 38.8 Å². The number of hydrogen-bond acceptors (Lipinski definition) is 5. The Kier molecular flexibility index (Phi) is 16.3. The van der Waals surface area contributed by atoms with E-state index in [2.05, 4.69) is 41.3 Å². The van der Waals surface area contributed by atoms with Gasteiger partial charge in [0, 0.05) is 6.54 Å². The Morgan fingerprint density at radius 3 is 2.03 bits per heavy atom. The van der Waals surface area contributed by atoms with Crippen molar-refractivity contribution in [3.63, 3.8) is 0 Å². The summed E-state index contributed by atoms with van der Waals surface area (Å²) in [5.41, 5.74) is 18.5. The maximum Gasteiger partial charge on any atom is 0.242 e. The van der Waals surface area contributed by atoms with E-state index in [0.29, 0.717) is 24.6 Å². The molecule has 0 radical (unpaired) electrons. The lowest BCUT2D eigenvalue weighted by molar-refractivity contribution is -0.125. The van der Waals surface area contributed by atoms with Crippen LogP contribution in [0, 0.1) is 5.92 Å². The van der Waals surface area contributed by atoms with Gasteiger partial charge in [-0.1, -0.05) is 56.0 Å². The Labute approximate surface area is 214 Å². The van der Waals surface area contributed by atoms with Crippen LogP contribution in [0.2, 0.25) is 0 Å². The molecule has 0 saturated carbocycles. The molecule has 0 fully saturated rings. The summed E-state index contributed by atoms with van der Waals surface area (Å²) < 4.78 is 0. The second-order valence-electron chi connectivity index (χ2n) is 8.67. The molecule has 2 rings (SSSR count). The van der Waals surface area contributed by atoms with Crippen LogP contribution >= 0.6 is 0 Å². The molecule has 0 saturated heterocycles. The molecule has 0 aliphatic carbocycles. The lowest BCUT2D eigenvalue weighted by atomic mass is 10.0. The van der Waals surface area contributed by atoms with Gasteiger partial charge in [0.05, 0.1) is 6.04 Å². The molecule has 36 heavy (non-hydrogen) atoms. The fraction of sp³-hybridized carbons (Fsp3) is 0.370. The van der Waals surface area contributed by atoms with Crippen LogP contribution in [0.3, 0.4) is 0 Å². The average molecular weight is 499 g/mol. The highest BCUT2D eigenvalue weighted by Gasteiger charge is 2.12. The molecule has 198 valence electrons. The second kappa shape index (κ2) is 18.3. The minimum atomic E-state index is -0.480. The highest BCUT2D eigenvalue weighted by Crippen LogP contribution is 2.12. The SMILES string of the molecule is C=C(C)N.CC(CNC(=O)[C@@H](C)NC=O)Cc1ccccc1.C[C@H](Cc1ccc(O)cc1)N=C(N)N. The number of phenolic OH excluding ortho intramolecular Hbond substituents is 1. The van der Waals surface area contributed by atoms with Crippen molar-refractivity contribution < 1.29 is 14.7 Å². The number of nitrogens with two attached hydrogens (primary N) is 3. The van der Waals surface area contributed by atoms with Gasteiger partial charge in [-0.25, -0.2) is 0 Å². The van der Waals surface area contributed by atoms with E-state index in [1.165, 1.54) is 5.56 Å². The number of carbonyl (C=O) groups is 2. The maximum absolute atomic E-state index is 11.6. The first-order chi connectivity index (χ1) is 16.9. The van der Waals surface area contributed by atoms with E-state index < -0.39 is 6.04 Å². The molecule has 9 N–H and O–H groups in total. The van der Waals surface area contributed by atoms with Gasteiger partial charge < -0.3 is 32.9 Å². The van der Waals surface area contributed by atoms with Crippen molar-refractivity contribution >= 4 is 18.3 Å². The highest BCUT2D eigenvalue weighted by atomic mass is 16.3. The number of benzene rings is 2. The Bertz CT molecular complexity index is 924. The van der Waals surface area contributed by atoms with Gasteiger partial charge in [0.2, 0.25) is 12.3 Å². The Morgan fingerprint density at radius 1 is 1.00 bits per heavy atom. The van der Waals surface area contributed by atoms with E-state index in [9.17, 15) is 9.59 Å². The molecule has 9 heteroatoms. The fourth-order valence-corrected chi connectivity index (χ4v) is 2.97. The molecule has 1 unspecified atom stereocenters. The predicted molar refractivity (Wildman–Crippen MR) is 147 cm³/mol. The molecule has 0 aromatic heterocycles. The number of aromatic hydroxyl groups is 1. The van der Waals surface area contributed by atoms with E-state index in [4.69, 9.17) is 22.3 Å². The molecule has 0 aliphatic heterocycles. The zero-order valence-electron chi connectivity index (χ0n) is 21.8. The molecule has 2 aromatic carbocycles. The second-order valence-corrected chi connectivity index (χ2v) is 8.67. The first-order valence-electron chi connectivity index (χ1n) is 11.7. The summed E-state index contributed by atoms with van der Waals surface area (Å²) in [7, 11) is 0. The molecule has 2 amide bonds. The number of carbonyl (C=O) groups excluding carboxylic acids is 2. The van der Waals surface area contributed by atoms with Gasteiger partial charge in [-0.2, -0.15) is 0 Å². The summed E-state index contributed by atoms with van der Waals surface area (Å²) in [6.45, 7) is 11.4. The third-order valence-electron chi connectivity index (χ3n) is 4.60. The third kappa shape index (κ3) is 17.5. The first kappa shape index (κ1) is 32.0. The van der Waals surface area contributed by atoms with Gasteiger partial charge in [0.25, 0.3) is 0 Å². The number of guanidine groups is 1. The predicted octanol–water partition coefficient (Wildman–Crippen LogP) is 2.19. The summed E-state index contributed by atoms with van der Waals surface area (Å²) in [6.07, 6.45) is 2.23. The molecule has 3 atom stereocenters. The molecule has 0 heterocycles. The summed E-state index contributed by atoms with van der Waals surface area (Å²) in [4.78, 5) is 25.8. The number of hydrogen-bond donors (Lipinski definition) is 6. The molecule has 2 aromatic rings. The number of nitrogens with zero attached hydrogens (tertiary/aromatic N) is 1. The van der Waals surface area contributed by atoms with Crippen molar-refractivity contribution in [1.29, 1.82) is 0 Å². The number of rotatable bonds is 10. The van der Waals surface area contributed by atoms with Crippen molar-refractivity contribution in [2.75, 3.05) is 6.54 Å². The Morgan fingerprint density at radius 2 is 1.53 bits per heavy atom. The number of aliphatic imine (C=N–C) groups is 1. The van der Waals surface area contributed by atoms with Crippen molar-refractivity contribution in [2.24, 2.45) is 28.1 Å². The van der Waals surface area contributed by atoms with Crippen LogP contribution < -0.4 is 27.8 Å². The molecule has 0 spiro atoms. The quantitative estimate of drug-likeness (QED) is 0.167. The lowest BCUT2D eigenvalue weighted by Crippen LogP contribution is -2.43. The molecule has 0 aliphatic rings. The minimum Gasteiger partial charge on any atom is -0.508 e. The topological polar surface area (TPSA) is 169 Å². The zero-order valence-corrected chi connectivity index (χ0v) is 21.8. The standard InChI is InChI=1S/C14H20N2O2.C10H15N3O.C3H7N/c1-11(8-13-6-4-3-5-7-13)9-15-14(18)12(2)16-10-17;1-7(13-10(11)12)6-8-2-4-9(14)5-3-8;1-3(2)4/h3-7,10-12H,8-9H2,1-2H3,(H,15,18)(H,16,17);2-5,7,14H,6H2,1H3,(H4,11,12,13);1,4H2,2H3/t11?,12-;7-;/m11./s1. The van der Waals surface area contributed by atoms with Crippen LogP contribution in [0.5, 0.6) is 5.75 Å². The van der Waals surface area contributed by atoms with E-state index in [0.717, 1.165) is 18.4 Å². The maximum atomic E-state index is 11.6. The zero-order chi connectivity index (χ0) is 27.5. The molecule has 9 nitrogen and oxygen atoms in total. The van der Waals surface area contributed by atoms with E-state index in [1.807, 2.05) is 37.3 Å². The highest BCUT2D eigenvalue weighted by molar-refractivity contribution is 5.83. The summed E-state index contributed by atoms with van der Waals surface area (Å²) >= 11 is 0. The normalized spacial score (nSPS) is 12.1. The van der Waals surface area contributed by atoms with E-state index in [1.54, 1.807) is 26.0 Å². The van der Waals surface area contributed by atoms with Gasteiger partial charge in [-0.15, -0.1) is 0 Å². The van der Waals surface area contributed by atoms with Gasteiger partial charge in [0.15, 0.2) is 5.96 Å². The average Bonchev–Trinajstić information content (AvgIpc) is 2.79. The van der Waals surface area contributed by atoms with Crippen LogP contribution in [0.4, 0.5) is 0 Å². The monoisotopic (exact) mass is 498 g/mol. The van der Waals surface area contributed by atoms with Crippen molar-refractivity contribution in [1.82, 2.24) is 10.6 Å². The number of allylic oxidation sites excluding steroid dienone is 1. The smallest absolute Gasteiger partial charge is 0.242 e. The van der Waals surface area contributed by atoms with Crippen molar-refractivity contribution in [3.8, 4) is 5.75 Å². The van der Waals surface area contributed by atoms with E-state index >= 15 is 0 Å².